The Kier molecular flexibility index (Phi) is 4.71. The maximum atomic E-state index is 12.9. The van der Waals surface area contributed by atoms with Crippen LogP contribution in [0.5, 0.6) is 0 Å². The normalized spacial score (nSPS) is 13.4. The first-order valence-electron chi connectivity index (χ1n) is 9.15. The minimum Gasteiger partial charge on any atom is -0.394 e. The first kappa shape index (κ1) is 18.0. The van der Waals surface area contributed by atoms with Gasteiger partial charge in [-0.3, -0.25) is 4.79 Å². The van der Waals surface area contributed by atoms with Crippen molar-refractivity contribution >= 4 is 16.9 Å². The minimum absolute atomic E-state index is 0.192. The summed E-state index contributed by atoms with van der Waals surface area (Å²) in [6, 6.07) is 19.1. The van der Waals surface area contributed by atoms with E-state index < -0.39 is 5.54 Å². The Balaban J connectivity index is 1.56. The smallest absolute Gasteiger partial charge is 0.251 e. The molecule has 0 aliphatic carbocycles. The van der Waals surface area contributed by atoms with Crippen LogP contribution in [0, 0.1) is 0 Å². The summed E-state index contributed by atoms with van der Waals surface area (Å²) in [6.45, 7) is 2.05. The molecule has 1 atom stereocenters. The molecule has 6 heteroatoms. The van der Waals surface area contributed by atoms with Crippen LogP contribution in [0.3, 0.4) is 0 Å². The molecule has 0 fully saturated rings. The average Bonchev–Trinajstić information content (AvgIpc) is 3.39. The van der Waals surface area contributed by atoms with Gasteiger partial charge in [0.15, 0.2) is 0 Å². The lowest BCUT2D eigenvalue weighted by Crippen LogP contribution is -2.51. The summed E-state index contributed by atoms with van der Waals surface area (Å²) < 4.78 is 3.89. The Bertz CT molecular complexity index is 1100. The van der Waals surface area contributed by atoms with Crippen LogP contribution in [0.4, 0.5) is 0 Å². The topological polar surface area (TPSA) is 72.1 Å². The molecule has 0 bridgehead atoms. The fraction of sp³-hybridized carbons (Fsp3) is 0.182. The van der Waals surface area contributed by atoms with Crippen molar-refractivity contribution in [2.45, 2.75) is 19.0 Å². The number of aliphatic hydroxyl groups is 1. The molecule has 0 saturated heterocycles. The highest BCUT2D eigenvalue weighted by atomic mass is 16.3. The monoisotopic (exact) mass is 374 g/mol. The molecule has 142 valence electrons. The van der Waals surface area contributed by atoms with E-state index in [1.54, 1.807) is 12.4 Å². The van der Waals surface area contributed by atoms with Crippen LogP contribution >= 0.6 is 0 Å². The first-order chi connectivity index (χ1) is 13.6. The highest BCUT2D eigenvalue weighted by molar-refractivity contribution is 5.95. The van der Waals surface area contributed by atoms with Crippen LogP contribution in [-0.4, -0.2) is 37.3 Å². The van der Waals surface area contributed by atoms with Crippen molar-refractivity contribution in [1.29, 1.82) is 0 Å². The molecule has 2 N–H and O–H groups in total. The van der Waals surface area contributed by atoms with E-state index in [0.717, 1.165) is 16.7 Å². The number of imidazole rings is 1. The van der Waals surface area contributed by atoms with Gasteiger partial charge in [-0.1, -0.05) is 18.2 Å². The van der Waals surface area contributed by atoms with Crippen molar-refractivity contribution in [3.05, 3.63) is 84.9 Å². The Morgan fingerprint density at radius 3 is 2.68 bits per heavy atom. The first-order valence-corrected chi connectivity index (χ1v) is 9.15. The van der Waals surface area contributed by atoms with E-state index in [0.29, 0.717) is 12.1 Å². The Morgan fingerprint density at radius 1 is 1.11 bits per heavy atom. The number of carbonyl (C=O) groups excluding carboxylic acids is 1. The predicted octanol–water partition coefficient (Wildman–Crippen LogP) is 3.01. The van der Waals surface area contributed by atoms with Gasteiger partial charge in [-0.2, -0.15) is 0 Å². The van der Waals surface area contributed by atoms with E-state index in [2.05, 4.69) is 10.3 Å². The van der Waals surface area contributed by atoms with E-state index in [9.17, 15) is 9.90 Å². The van der Waals surface area contributed by atoms with Gasteiger partial charge in [-0.25, -0.2) is 4.98 Å². The molecule has 1 unspecified atom stereocenters. The number of benzene rings is 2. The SMILES string of the molecule is CC(CO)(Cn1cnc2ccccc21)NC(=O)c1cccc(-n2cccc2)c1. The van der Waals surface area contributed by atoms with E-state index in [4.69, 9.17) is 0 Å². The van der Waals surface area contributed by atoms with Gasteiger partial charge in [0.2, 0.25) is 0 Å². The number of hydrogen-bond donors (Lipinski definition) is 2. The number of fused-ring (bicyclic) bond motifs is 1. The molecule has 2 aromatic carbocycles. The van der Waals surface area contributed by atoms with Crippen molar-refractivity contribution in [3.63, 3.8) is 0 Å². The van der Waals surface area contributed by atoms with Gasteiger partial charge in [0.05, 0.1) is 29.5 Å². The summed E-state index contributed by atoms with van der Waals surface area (Å²) >= 11 is 0. The number of nitrogens with zero attached hydrogens (tertiary/aromatic N) is 3. The van der Waals surface area contributed by atoms with Gasteiger partial charge in [0, 0.05) is 30.2 Å². The van der Waals surface area contributed by atoms with Gasteiger partial charge in [-0.05, 0) is 49.4 Å². The van der Waals surface area contributed by atoms with Gasteiger partial charge < -0.3 is 19.6 Å². The number of carbonyl (C=O) groups is 1. The van der Waals surface area contributed by atoms with Gasteiger partial charge in [0.25, 0.3) is 5.91 Å². The third kappa shape index (κ3) is 3.54. The fourth-order valence-electron chi connectivity index (χ4n) is 3.30. The third-order valence-corrected chi connectivity index (χ3v) is 4.82. The lowest BCUT2D eigenvalue weighted by molar-refractivity contribution is 0.0831. The summed E-state index contributed by atoms with van der Waals surface area (Å²) in [4.78, 5) is 17.3. The Morgan fingerprint density at radius 2 is 1.89 bits per heavy atom. The molecule has 4 aromatic rings. The molecule has 1 amide bonds. The number of amides is 1. The number of hydrogen-bond acceptors (Lipinski definition) is 3. The van der Waals surface area contributed by atoms with Crippen LogP contribution in [0.15, 0.2) is 79.4 Å². The maximum Gasteiger partial charge on any atom is 0.251 e. The van der Waals surface area contributed by atoms with Crippen LogP contribution in [-0.2, 0) is 6.54 Å². The summed E-state index contributed by atoms with van der Waals surface area (Å²) in [5.74, 6) is -0.227. The second-order valence-electron chi connectivity index (χ2n) is 7.17. The number of aromatic nitrogens is 3. The highest BCUT2D eigenvalue weighted by Gasteiger charge is 2.27. The molecular formula is C22H22N4O2. The summed E-state index contributed by atoms with van der Waals surface area (Å²) in [5.41, 5.74) is 2.47. The van der Waals surface area contributed by atoms with E-state index in [1.165, 1.54) is 0 Å². The molecule has 0 aliphatic rings. The van der Waals surface area contributed by atoms with Crippen molar-refractivity contribution in [2.75, 3.05) is 6.61 Å². The molecule has 4 rings (SSSR count). The molecule has 28 heavy (non-hydrogen) atoms. The Labute approximate surface area is 163 Å². The molecule has 0 spiro atoms. The summed E-state index contributed by atoms with van der Waals surface area (Å²) in [5, 5.41) is 13.0. The molecule has 6 nitrogen and oxygen atoms in total. The second-order valence-corrected chi connectivity index (χ2v) is 7.17. The molecule has 0 radical (unpaired) electrons. The standard InChI is InChI=1S/C22H22N4O2/c1-22(15-27,14-26-16-23-19-9-2-3-10-20(19)26)24-21(28)17-7-6-8-18(13-17)25-11-4-5-12-25/h2-13,16,27H,14-15H2,1H3,(H,24,28). The van der Waals surface area contributed by atoms with Crippen LogP contribution in [0.2, 0.25) is 0 Å². The zero-order valence-electron chi connectivity index (χ0n) is 15.6. The largest absolute Gasteiger partial charge is 0.394 e. The Hall–Kier alpha value is -3.38. The predicted molar refractivity (Wildman–Crippen MR) is 108 cm³/mol. The number of rotatable bonds is 6. The zero-order valence-corrected chi connectivity index (χ0v) is 15.6. The average molecular weight is 374 g/mol. The number of para-hydroxylation sites is 2. The van der Waals surface area contributed by atoms with Crippen molar-refractivity contribution in [3.8, 4) is 5.69 Å². The van der Waals surface area contributed by atoms with Crippen molar-refractivity contribution in [2.24, 2.45) is 0 Å². The van der Waals surface area contributed by atoms with E-state index in [-0.39, 0.29) is 12.5 Å². The summed E-state index contributed by atoms with van der Waals surface area (Å²) in [7, 11) is 0. The number of aliphatic hydroxyl groups excluding tert-OH is 1. The van der Waals surface area contributed by atoms with Gasteiger partial charge in [0.1, 0.15) is 0 Å². The van der Waals surface area contributed by atoms with Crippen molar-refractivity contribution < 1.29 is 9.90 Å². The molecule has 2 aromatic heterocycles. The van der Waals surface area contributed by atoms with Crippen LogP contribution in [0.25, 0.3) is 16.7 Å². The summed E-state index contributed by atoms with van der Waals surface area (Å²) in [6.07, 6.45) is 5.59. The number of nitrogens with one attached hydrogen (secondary N) is 1. The third-order valence-electron chi connectivity index (χ3n) is 4.82. The highest BCUT2D eigenvalue weighted by Crippen LogP contribution is 2.17. The second kappa shape index (κ2) is 7.32. The van der Waals surface area contributed by atoms with E-state index >= 15 is 0 Å². The maximum absolute atomic E-state index is 12.9. The van der Waals surface area contributed by atoms with Gasteiger partial charge >= 0.3 is 0 Å². The molecule has 0 saturated carbocycles. The van der Waals surface area contributed by atoms with Crippen LogP contribution < -0.4 is 5.32 Å². The zero-order chi connectivity index (χ0) is 19.6. The lowest BCUT2D eigenvalue weighted by Gasteiger charge is -2.29. The lowest BCUT2D eigenvalue weighted by atomic mass is 10.0. The fourth-order valence-corrected chi connectivity index (χ4v) is 3.30. The minimum atomic E-state index is -0.829. The van der Waals surface area contributed by atoms with Crippen LogP contribution in [0.1, 0.15) is 17.3 Å². The van der Waals surface area contributed by atoms with Gasteiger partial charge in [-0.15, -0.1) is 0 Å². The quantitative estimate of drug-likeness (QED) is 0.545. The molecular weight excluding hydrogens is 352 g/mol. The molecule has 0 aliphatic heterocycles. The van der Waals surface area contributed by atoms with Crippen molar-refractivity contribution in [1.82, 2.24) is 19.4 Å². The molecule has 2 heterocycles. The van der Waals surface area contributed by atoms with E-state index in [1.807, 2.05) is 83.0 Å².